The van der Waals surface area contributed by atoms with Gasteiger partial charge in [0.15, 0.2) is 5.84 Å². The second kappa shape index (κ2) is 5.73. The molecule has 98 valence electrons. The molecule has 1 aromatic heterocycles. The van der Waals surface area contributed by atoms with Crippen molar-refractivity contribution in [3.05, 3.63) is 21.8 Å². The lowest BCUT2D eigenvalue weighted by atomic mass is 10.2. The molecule has 2 heterocycles. The van der Waals surface area contributed by atoms with Crippen LogP contribution in [0.2, 0.25) is 5.02 Å². The van der Waals surface area contributed by atoms with Gasteiger partial charge in [0, 0.05) is 17.2 Å². The summed E-state index contributed by atoms with van der Waals surface area (Å²) in [6.45, 7) is 1.57. The molecule has 3 N–H and O–H groups in total. The van der Waals surface area contributed by atoms with E-state index in [1.807, 2.05) is 4.90 Å². The SMILES string of the molecule is NC(=NO)C1CN(c2ncc(Br)cc2Cl)CCO1. The van der Waals surface area contributed by atoms with Crippen LogP contribution in [-0.4, -0.2) is 41.8 Å². The van der Waals surface area contributed by atoms with Crippen molar-refractivity contribution < 1.29 is 9.94 Å². The molecule has 0 aromatic carbocycles. The lowest BCUT2D eigenvalue weighted by molar-refractivity contribution is 0.0804. The normalized spacial score (nSPS) is 21.1. The molecule has 1 atom stereocenters. The van der Waals surface area contributed by atoms with Crippen LogP contribution in [0.4, 0.5) is 5.82 Å². The van der Waals surface area contributed by atoms with E-state index < -0.39 is 6.10 Å². The third-order valence-corrected chi connectivity index (χ3v) is 3.31. The Balaban J connectivity index is 2.18. The molecule has 1 unspecified atom stereocenters. The van der Waals surface area contributed by atoms with Gasteiger partial charge in [-0.2, -0.15) is 0 Å². The molecule has 1 aromatic rings. The van der Waals surface area contributed by atoms with Crippen molar-refractivity contribution in [1.82, 2.24) is 4.98 Å². The average molecular weight is 336 g/mol. The highest BCUT2D eigenvalue weighted by Crippen LogP contribution is 2.27. The molecule has 1 fully saturated rings. The monoisotopic (exact) mass is 334 g/mol. The summed E-state index contributed by atoms with van der Waals surface area (Å²) in [5.41, 5.74) is 5.54. The van der Waals surface area contributed by atoms with E-state index in [0.29, 0.717) is 30.5 Å². The van der Waals surface area contributed by atoms with E-state index in [9.17, 15) is 0 Å². The van der Waals surface area contributed by atoms with E-state index in [1.165, 1.54) is 0 Å². The Kier molecular flexibility index (Phi) is 4.26. The van der Waals surface area contributed by atoms with E-state index in [2.05, 4.69) is 26.1 Å². The largest absolute Gasteiger partial charge is 0.409 e. The number of hydrogen-bond donors (Lipinski definition) is 2. The van der Waals surface area contributed by atoms with Gasteiger partial charge < -0.3 is 20.6 Å². The number of amidine groups is 1. The fraction of sp³-hybridized carbons (Fsp3) is 0.400. The van der Waals surface area contributed by atoms with Gasteiger partial charge in [-0.05, 0) is 22.0 Å². The number of nitrogens with zero attached hydrogens (tertiary/aromatic N) is 3. The first kappa shape index (κ1) is 13.4. The summed E-state index contributed by atoms with van der Waals surface area (Å²) in [6, 6.07) is 1.78. The zero-order valence-electron chi connectivity index (χ0n) is 9.38. The summed E-state index contributed by atoms with van der Waals surface area (Å²) in [7, 11) is 0. The lowest BCUT2D eigenvalue weighted by Crippen LogP contribution is -2.48. The van der Waals surface area contributed by atoms with Crippen molar-refractivity contribution in [2.24, 2.45) is 10.9 Å². The first-order valence-electron chi connectivity index (χ1n) is 5.27. The third kappa shape index (κ3) is 2.85. The molecule has 8 heteroatoms. The molecular formula is C10H12BrClN4O2. The van der Waals surface area contributed by atoms with Gasteiger partial charge in [0.1, 0.15) is 11.9 Å². The average Bonchev–Trinajstić information content (AvgIpc) is 2.38. The number of halogens is 2. The first-order valence-corrected chi connectivity index (χ1v) is 6.44. The number of anilines is 1. The van der Waals surface area contributed by atoms with Gasteiger partial charge in [0.05, 0.1) is 18.2 Å². The van der Waals surface area contributed by atoms with Gasteiger partial charge in [-0.3, -0.25) is 0 Å². The van der Waals surface area contributed by atoms with Crippen LogP contribution >= 0.6 is 27.5 Å². The number of nitrogens with two attached hydrogens (primary N) is 1. The van der Waals surface area contributed by atoms with Gasteiger partial charge >= 0.3 is 0 Å². The Morgan fingerprint density at radius 2 is 2.50 bits per heavy atom. The molecule has 1 saturated heterocycles. The van der Waals surface area contributed by atoms with E-state index in [-0.39, 0.29) is 5.84 Å². The van der Waals surface area contributed by atoms with Crippen molar-refractivity contribution in [3.63, 3.8) is 0 Å². The molecule has 6 nitrogen and oxygen atoms in total. The Morgan fingerprint density at radius 3 is 3.17 bits per heavy atom. The van der Waals surface area contributed by atoms with Crippen LogP contribution in [0.1, 0.15) is 0 Å². The van der Waals surface area contributed by atoms with E-state index in [0.717, 1.165) is 4.47 Å². The van der Waals surface area contributed by atoms with Crippen molar-refractivity contribution in [1.29, 1.82) is 0 Å². The predicted octanol–water partition coefficient (Wildman–Crippen LogP) is 1.45. The summed E-state index contributed by atoms with van der Waals surface area (Å²) in [6.07, 6.45) is 1.22. The molecule has 2 rings (SSSR count). The number of oxime groups is 1. The van der Waals surface area contributed by atoms with E-state index in [4.69, 9.17) is 27.3 Å². The molecule has 1 aliphatic rings. The highest BCUT2D eigenvalue weighted by atomic mass is 79.9. The standard InChI is InChI=1S/C10H12BrClN4O2/c11-6-3-7(12)10(14-4-6)16-1-2-18-8(5-16)9(13)15-17/h3-4,8,17H,1-2,5H2,(H2,13,15). The van der Waals surface area contributed by atoms with Gasteiger partial charge in [-0.15, -0.1) is 0 Å². The first-order chi connectivity index (χ1) is 8.61. The minimum atomic E-state index is -0.453. The third-order valence-electron chi connectivity index (χ3n) is 2.60. The number of rotatable bonds is 2. The molecule has 1 aliphatic heterocycles. The second-order valence-corrected chi connectivity index (χ2v) is 5.11. The number of hydrogen-bond acceptors (Lipinski definition) is 5. The van der Waals surface area contributed by atoms with Crippen LogP contribution in [0, 0.1) is 0 Å². The molecule has 18 heavy (non-hydrogen) atoms. The van der Waals surface area contributed by atoms with Crippen LogP contribution in [0.5, 0.6) is 0 Å². The molecular weight excluding hydrogens is 323 g/mol. The highest BCUT2D eigenvalue weighted by Gasteiger charge is 2.25. The van der Waals surface area contributed by atoms with Gasteiger partial charge in [-0.25, -0.2) is 4.98 Å². The summed E-state index contributed by atoms with van der Waals surface area (Å²) >= 11 is 9.44. The Hall–Kier alpha value is -1.05. The maximum atomic E-state index is 8.65. The predicted molar refractivity (Wildman–Crippen MR) is 72.3 cm³/mol. The summed E-state index contributed by atoms with van der Waals surface area (Å²) < 4.78 is 6.23. The van der Waals surface area contributed by atoms with E-state index >= 15 is 0 Å². The quantitative estimate of drug-likeness (QED) is 0.370. The summed E-state index contributed by atoms with van der Waals surface area (Å²) in [4.78, 5) is 6.21. The van der Waals surface area contributed by atoms with Crippen molar-refractivity contribution in [2.45, 2.75) is 6.10 Å². The van der Waals surface area contributed by atoms with Crippen LogP contribution in [0.3, 0.4) is 0 Å². The van der Waals surface area contributed by atoms with Crippen molar-refractivity contribution in [3.8, 4) is 0 Å². The minimum absolute atomic E-state index is 0.0490. The number of pyridine rings is 1. The fourth-order valence-electron chi connectivity index (χ4n) is 1.73. The number of ether oxygens (including phenoxy) is 1. The molecule has 0 aliphatic carbocycles. The Bertz CT molecular complexity index is 471. The van der Waals surface area contributed by atoms with Gasteiger partial charge in [0.2, 0.25) is 0 Å². The smallest absolute Gasteiger partial charge is 0.170 e. The van der Waals surface area contributed by atoms with Crippen molar-refractivity contribution in [2.75, 3.05) is 24.6 Å². The maximum Gasteiger partial charge on any atom is 0.170 e. The van der Waals surface area contributed by atoms with Crippen molar-refractivity contribution >= 4 is 39.2 Å². The van der Waals surface area contributed by atoms with E-state index in [1.54, 1.807) is 12.3 Å². The molecule has 0 saturated carbocycles. The molecule has 0 bridgehead atoms. The minimum Gasteiger partial charge on any atom is -0.409 e. The van der Waals surface area contributed by atoms with Crippen LogP contribution in [0.25, 0.3) is 0 Å². The van der Waals surface area contributed by atoms with Crippen LogP contribution in [-0.2, 0) is 4.74 Å². The number of aromatic nitrogens is 1. The maximum absolute atomic E-state index is 8.65. The fourth-order valence-corrected chi connectivity index (χ4v) is 2.47. The van der Waals surface area contributed by atoms with Crippen LogP contribution in [0.15, 0.2) is 21.9 Å². The highest BCUT2D eigenvalue weighted by molar-refractivity contribution is 9.10. The lowest BCUT2D eigenvalue weighted by Gasteiger charge is -2.33. The van der Waals surface area contributed by atoms with Crippen LogP contribution < -0.4 is 10.6 Å². The zero-order valence-corrected chi connectivity index (χ0v) is 11.7. The van der Waals surface area contributed by atoms with Gasteiger partial charge in [0.25, 0.3) is 0 Å². The molecule has 0 radical (unpaired) electrons. The summed E-state index contributed by atoms with van der Waals surface area (Å²) in [5.74, 6) is 0.715. The zero-order chi connectivity index (χ0) is 13.1. The Morgan fingerprint density at radius 1 is 1.72 bits per heavy atom. The second-order valence-electron chi connectivity index (χ2n) is 3.79. The molecule has 0 spiro atoms. The summed E-state index contributed by atoms with van der Waals surface area (Å²) in [5, 5.41) is 12.2. The number of morpholine rings is 1. The van der Waals surface area contributed by atoms with Gasteiger partial charge in [-0.1, -0.05) is 16.8 Å². The topological polar surface area (TPSA) is 84.0 Å². The molecule has 0 amide bonds. The Labute approximate surface area is 117 Å².